The van der Waals surface area contributed by atoms with Gasteiger partial charge in [-0.3, -0.25) is 14.1 Å². The molecule has 0 aliphatic rings. The first-order chi connectivity index (χ1) is 13.3. The van der Waals surface area contributed by atoms with Crippen molar-refractivity contribution >= 4 is 22.1 Å². The van der Waals surface area contributed by atoms with Gasteiger partial charge in [0, 0.05) is 0 Å². The van der Waals surface area contributed by atoms with Crippen LogP contribution in [0.4, 0.5) is 0 Å². The number of hydrogen-bond acceptors (Lipinski definition) is 6. The largest absolute Gasteiger partial charge is 0.465 e. The summed E-state index contributed by atoms with van der Waals surface area (Å²) in [6, 6.07) is 0. The summed E-state index contributed by atoms with van der Waals surface area (Å²) < 4.78 is 41.3. The van der Waals surface area contributed by atoms with Gasteiger partial charge in [0.15, 0.2) is 5.25 Å². The third-order valence-corrected chi connectivity index (χ3v) is 5.38. The van der Waals surface area contributed by atoms with Crippen LogP contribution in [0.1, 0.15) is 90.9 Å². The predicted molar refractivity (Wildman–Crippen MR) is 108 cm³/mol. The molecule has 0 aromatic rings. The standard InChI is InChI=1S/C20H36O7S/c1-3-5-6-7-8-9-10-11-12-13-14-16-27-20(22)18(28(23,24)25)17-19(21)26-15-4-2/h4,15,18H,3,5-14,16-17H2,1-2H3,(H,23,24,25)/b15-4+. The van der Waals surface area contributed by atoms with Crippen LogP contribution in [0.15, 0.2) is 12.3 Å². The molecule has 1 unspecified atom stereocenters. The summed E-state index contributed by atoms with van der Waals surface area (Å²) in [5.41, 5.74) is 0. The summed E-state index contributed by atoms with van der Waals surface area (Å²) in [7, 11) is -4.75. The molecule has 8 heteroatoms. The van der Waals surface area contributed by atoms with Crippen LogP contribution in [0.3, 0.4) is 0 Å². The number of ether oxygens (including phenoxy) is 2. The highest BCUT2D eigenvalue weighted by Gasteiger charge is 2.35. The molecule has 0 aliphatic heterocycles. The van der Waals surface area contributed by atoms with Gasteiger partial charge in [-0.1, -0.05) is 77.2 Å². The van der Waals surface area contributed by atoms with Crippen molar-refractivity contribution in [1.82, 2.24) is 0 Å². The summed E-state index contributed by atoms with van der Waals surface area (Å²) in [6.07, 6.45) is 14.3. The number of esters is 2. The van der Waals surface area contributed by atoms with Gasteiger partial charge in [-0.15, -0.1) is 0 Å². The van der Waals surface area contributed by atoms with Gasteiger partial charge >= 0.3 is 11.9 Å². The Labute approximate surface area is 169 Å². The molecule has 0 spiro atoms. The van der Waals surface area contributed by atoms with E-state index in [0.717, 1.165) is 25.5 Å². The van der Waals surface area contributed by atoms with Gasteiger partial charge in [-0.25, -0.2) is 0 Å². The normalized spacial score (nSPS) is 12.8. The van der Waals surface area contributed by atoms with E-state index < -0.39 is 33.7 Å². The molecule has 28 heavy (non-hydrogen) atoms. The van der Waals surface area contributed by atoms with Gasteiger partial charge in [0.2, 0.25) is 0 Å². The number of unbranched alkanes of at least 4 members (excludes halogenated alkanes) is 10. The lowest BCUT2D eigenvalue weighted by Gasteiger charge is -2.12. The van der Waals surface area contributed by atoms with Crippen molar-refractivity contribution in [2.45, 2.75) is 96.1 Å². The van der Waals surface area contributed by atoms with Crippen molar-refractivity contribution in [3.63, 3.8) is 0 Å². The molecular formula is C20H36O7S. The number of rotatable bonds is 17. The zero-order chi connectivity index (χ0) is 21.3. The topological polar surface area (TPSA) is 107 Å². The number of carbonyl (C=O) groups is 2. The molecule has 0 rings (SSSR count). The molecule has 0 aromatic heterocycles. The lowest BCUT2D eigenvalue weighted by atomic mass is 10.1. The van der Waals surface area contributed by atoms with E-state index in [1.54, 1.807) is 6.92 Å². The van der Waals surface area contributed by atoms with Gasteiger partial charge < -0.3 is 9.47 Å². The van der Waals surface area contributed by atoms with Crippen molar-refractivity contribution in [2.24, 2.45) is 0 Å². The average molecular weight is 421 g/mol. The smallest absolute Gasteiger partial charge is 0.327 e. The molecule has 0 radical (unpaired) electrons. The Morgan fingerprint density at radius 1 is 0.929 bits per heavy atom. The fraction of sp³-hybridized carbons (Fsp3) is 0.800. The maximum atomic E-state index is 11.9. The summed E-state index contributed by atoms with van der Waals surface area (Å²) in [5.74, 6) is -2.07. The van der Waals surface area contributed by atoms with Gasteiger partial charge in [0.05, 0.1) is 19.3 Å². The fourth-order valence-corrected chi connectivity index (χ4v) is 3.34. The highest BCUT2D eigenvalue weighted by Crippen LogP contribution is 2.12. The number of carbonyl (C=O) groups excluding carboxylic acids is 2. The Hall–Kier alpha value is -1.41. The molecule has 1 N–H and O–H groups in total. The van der Waals surface area contributed by atoms with Crippen molar-refractivity contribution < 1.29 is 32.0 Å². The van der Waals surface area contributed by atoms with Crippen LogP contribution in [-0.4, -0.2) is 36.8 Å². The molecule has 0 saturated carbocycles. The average Bonchev–Trinajstić information content (AvgIpc) is 2.64. The lowest BCUT2D eigenvalue weighted by molar-refractivity contribution is -0.147. The van der Waals surface area contributed by atoms with Crippen LogP contribution in [0, 0.1) is 0 Å². The first-order valence-corrected chi connectivity index (χ1v) is 11.8. The molecule has 0 fully saturated rings. The monoisotopic (exact) mass is 420 g/mol. The van der Waals surface area contributed by atoms with Crippen LogP contribution in [0.2, 0.25) is 0 Å². The minimum atomic E-state index is -4.75. The van der Waals surface area contributed by atoms with Gasteiger partial charge in [0.25, 0.3) is 10.1 Å². The highest BCUT2D eigenvalue weighted by atomic mass is 32.2. The zero-order valence-corrected chi connectivity index (χ0v) is 18.0. The van der Waals surface area contributed by atoms with E-state index in [1.807, 2.05) is 0 Å². The molecular weight excluding hydrogens is 384 g/mol. The molecule has 0 aromatic carbocycles. The van der Waals surface area contributed by atoms with Crippen molar-refractivity contribution in [3.8, 4) is 0 Å². The maximum Gasteiger partial charge on any atom is 0.327 e. The molecule has 0 saturated heterocycles. The molecule has 1 atom stereocenters. The van der Waals surface area contributed by atoms with E-state index in [-0.39, 0.29) is 6.61 Å². The van der Waals surface area contributed by atoms with Crippen LogP contribution < -0.4 is 0 Å². The Morgan fingerprint density at radius 3 is 1.89 bits per heavy atom. The third kappa shape index (κ3) is 14.6. The Morgan fingerprint density at radius 2 is 1.43 bits per heavy atom. The van der Waals surface area contributed by atoms with Crippen molar-refractivity contribution in [1.29, 1.82) is 0 Å². The fourth-order valence-electron chi connectivity index (χ4n) is 2.69. The Bertz CT molecular complexity index is 555. The SMILES string of the molecule is C/C=C/OC(=O)CC(C(=O)OCCCCCCCCCCCCC)S(=O)(=O)O. The third-order valence-electron chi connectivity index (χ3n) is 4.30. The second kappa shape index (κ2) is 16.5. The Kier molecular flexibility index (Phi) is 15.7. The molecule has 164 valence electrons. The Balaban J connectivity index is 3.93. The van der Waals surface area contributed by atoms with E-state index in [2.05, 4.69) is 11.7 Å². The van der Waals surface area contributed by atoms with E-state index in [9.17, 15) is 18.0 Å². The van der Waals surface area contributed by atoms with Gasteiger partial charge in [-0.2, -0.15) is 8.42 Å². The summed E-state index contributed by atoms with van der Waals surface area (Å²) in [5, 5.41) is -1.96. The molecule has 0 aliphatic carbocycles. The lowest BCUT2D eigenvalue weighted by Crippen LogP contribution is -2.34. The minimum Gasteiger partial charge on any atom is -0.465 e. The van der Waals surface area contributed by atoms with E-state index in [4.69, 9.17) is 9.29 Å². The van der Waals surface area contributed by atoms with Crippen LogP contribution in [-0.2, 0) is 29.2 Å². The van der Waals surface area contributed by atoms with Crippen LogP contribution in [0.5, 0.6) is 0 Å². The molecule has 7 nitrogen and oxygen atoms in total. The molecule has 0 amide bonds. The van der Waals surface area contributed by atoms with E-state index >= 15 is 0 Å². The first-order valence-electron chi connectivity index (χ1n) is 10.3. The molecule has 0 bridgehead atoms. The van der Waals surface area contributed by atoms with Crippen LogP contribution >= 0.6 is 0 Å². The van der Waals surface area contributed by atoms with Gasteiger partial charge in [-0.05, 0) is 13.3 Å². The molecule has 0 heterocycles. The minimum absolute atomic E-state index is 0.0613. The van der Waals surface area contributed by atoms with E-state index in [1.165, 1.54) is 51.0 Å². The zero-order valence-electron chi connectivity index (χ0n) is 17.2. The van der Waals surface area contributed by atoms with E-state index in [0.29, 0.717) is 6.42 Å². The second-order valence-corrected chi connectivity index (χ2v) is 8.47. The summed E-state index contributed by atoms with van der Waals surface area (Å²) >= 11 is 0. The van der Waals surface area contributed by atoms with Crippen molar-refractivity contribution in [3.05, 3.63) is 12.3 Å². The van der Waals surface area contributed by atoms with Crippen LogP contribution in [0.25, 0.3) is 0 Å². The van der Waals surface area contributed by atoms with Crippen molar-refractivity contribution in [2.75, 3.05) is 6.61 Å². The predicted octanol–water partition coefficient (Wildman–Crippen LogP) is 4.56. The highest BCUT2D eigenvalue weighted by molar-refractivity contribution is 7.87. The quantitative estimate of drug-likeness (QED) is 0.159. The summed E-state index contributed by atoms with van der Waals surface area (Å²) in [6.45, 7) is 3.88. The first kappa shape index (κ1) is 26.6. The second-order valence-electron chi connectivity index (χ2n) is 6.87. The van der Waals surface area contributed by atoms with Gasteiger partial charge in [0.1, 0.15) is 0 Å². The number of hydrogen-bond donors (Lipinski definition) is 1. The summed E-state index contributed by atoms with van der Waals surface area (Å²) in [4.78, 5) is 23.4. The maximum absolute atomic E-state index is 11.9. The number of allylic oxidation sites excluding steroid dienone is 1.